The molecule has 0 bridgehead atoms. The maximum absolute atomic E-state index is 13.1. The Morgan fingerprint density at radius 2 is 2.07 bits per heavy atom. The van der Waals surface area contributed by atoms with Crippen LogP contribution in [0, 0.1) is 11.7 Å². The lowest BCUT2D eigenvalue weighted by Crippen LogP contribution is -2.47. The van der Waals surface area contributed by atoms with E-state index in [1.165, 1.54) is 12.1 Å². The van der Waals surface area contributed by atoms with E-state index in [1.54, 1.807) is 18.4 Å². The van der Waals surface area contributed by atoms with Gasteiger partial charge in [0.1, 0.15) is 12.1 Å². The average Bonchev–Trinajstić information content (AvgIpc) is 3.30. The van der Waals surface area contributed by atoms with Gasteiger partial charge in [-0.3, -0.25) is 9.89 Å². The summed E-state index contributed by atoms with van der Waals surface area (Å²) in [5, 5.41) is 6.93. The Balaban J connectivity index is 1.56. The van der Waals surface area contributed by atoms with Crippen LogP contribution in [0.1, 0.15) is 33.4 Å². The van der Waals surface area contributed by atoms with Crippen molar-refractivity contribution in [2.75, 3.05) is 26.2 Å². The van der Waals surface area contributed by atoms with Gasteiger partial charge in [-0.05, 0) is 51.0 Å². The summed E-state index contributed by atoms with van der Waals surface area (Å²) < 4.78 is 18.6. The van der Waals surface area contributed by atoms with E-state index in [2.05, 4.69) is 48.2 Å². The van der Waals surface area contributed by atoms with E-state index in [-0.39, 0.29) is 5.82 Å². The average molecular weight is 402 g/mol. The van der Waals surface area contributed by atoms with Gasteiger partial charge in [0.2, 0.25) is 5.89 Å². The molecule has 0 saturated carbocycles. The Morgan fingerprint density at radius 1 is 1.31 bits per heavy atom. The van der Waals surface area contributed by atoms with Crippen molar-refractivity contribution in [3.63, 3.8) is 0 Å². The Bertz CT molecular complexity index is 802. The van der Waals surface area contributed by atoms with Crippen molar-refractivity contribution in [3.05, 3.63) is 42.0 Å². The molecule has 2 atom stereocenters. The molecule has 1 aliphatic heterocycles. The molecule has 1 fully saturated rings. The highest BCUT2D eigenvalue weighted by Crippen LogP contribution is 2.20. The van der Waals surface area contributed by atoms with Crippen molar-refractivity contribution in [2.45, 2.75) is 46.2 Å². The van der Waals surface area contributed by atoms with E-state index in [9.17, 15) is 4.39 Å². The topological polar surface area (TPSA) is 65.7 Å². The summed E-state index contributed by atoms with van der Waals surface area (Å²) in [4.78, 5) is 11.7. The summed E-state index contributed by atoms with van der Waals surface area (Å²) in [5.74, 6) is 1.65. The fourth-order valence-electron chi connectivity index (χ4n) is 3.54. The summed E-state index contributed by atoms with van der Waals surface area (Å²) in [7, 11) is 0. The molecule has 0 radical (unpaired) electrons. The van der Waals surface area contributed by atoms with Crippen LogP contribution in [0.2, 0.25) is 0 Å². The number of rotatable bonds is 7. The van der Waals surface area contributed by atoms with E-state index < -0.39 is 0 Å². The van der Waals surface area contributed by atoms with Crippen LogP contribution in [-0.4, -0.2) is 54.1 Å². The number of halogens is 1. The summed E-state index contributed by atoms with van der Waals surface area (Å²) in [5.41, 5.74) is 1.60. The zero-order valence-electron chi connectivity index (χ0n) is 17.8. The molecule has 0 spiro atoms. The van der Waals surface area contributed by atoms with Gasteiger partial charge in [0, 0.05) is 50.2 Å². The summed E-state index contributed by atoms with van der Waals surface area (Å²) in [6.07, 6.45) is 2.33. The second-order valence-corrected chi connectivity index (χ2v) is 7.94. The molecule has 29 heavy (non-hydrogen) atoms. The molecular formula is C22H32FN5O. The number of nitrogens with one attached hydrogen (secondary N) is 2. The van der Waals surface area contributed by atoms with E-state index in [0.29, 0.717) is 36.9 Å². The monoisotopic (exact) mass is 401 g/mol. The number of nitrogens with zero attached hydrogens (tertiary/aromatic N) is 3. The SMILES string of the molecule is CCNC(=NCCc1coc(-c2ccc(F)cc2)n1)NC1CN(C(C)C)CC1C. The number of hydrogen-bond acceptors (Lipinski definition) is 4. The van der Waals surface area contributed by atoms with Crippen LogP contribution in [-0.2, 0) is 6.42 Å². The molecule has 6 nitrogen and oxygen atoms in total. The molecule has 2 aromatic rings. The van der Waals surface area contributed by atoms with E-state index in [4.69, 9.17) is 9.41 Å². The number of aliphatic imine (C=N–C) groups is 1. The summed E-state index contributed by atoms with van der Waals surface area (Å²) in [6, 6.07) is 7.10. The predicted molar refractivity (Wildman–Crippen MR) is 114 cm³/mol. The van der Waals surface area contributed by atoms with Gasteiger partial charge in [-0.2, -0.15) is 0 Å². The number of guanidine groups is 1. The van der Waals surface area contributed by atoms with Crippen LogP contribution in [0.15, 0.2) is 39.9 Å². The first-order valence-corrected chi connectivity index (χ1v) is 10.5. The third kappa shape index (κ3) is 5.79. The van der Waals surface area contributed by atoms with Crippen LogP contribution in [0.4, 0.5) is 4.39 Å². The van der Waals surface area contributed by atoms with Crippen molar-refractivity contribution >= 4 is 5.96 Å². The van der Waals surface area contributed by atoms with Gasteiger partial charge in [0.15, 0.2) is 5.96 Å². The number of hydrogen-bond donors (Lipinski definition) is 2. The van der Waals surface area contributed by atoms with Gasteiger partial charge in [0.25, 0.3) is 0 Å². The first-order chi connectivity index (χ1) is 14.0. The van der Waals surface area contributed by atoms with Crippen molar-refractivity contribution in [2.24, 2.45) is 10.9 Å². The normalized spacial score (nSPS) is 20.4. The maximum atomic E-state index is 13.1. The molecule has 1 aromatic carbocycles. The fourth-order valence-corrected chi connectivity index (χ4v) is 3.54. The summed E-state index contributed by atoms with van der Waals surface area (Å²) >= 11 is 0. The second kappa shape index (κ2) is 9.87. The fraction of sp³-hybridized carbons (Fsp3) is 0.545. The molecule has 1 aliphatic rings. The van der Waals surface area contributed by atoms with Gasteiger partial charge in [-0.15, -0.1) is 0 Å². The van der Waals surface area contributed by atoms with Crippen molar-refractivity contribution in [1.29, 1.82) is 0 Å². The maximum Gasteiger partial charge on any atom is 0.226 e. The Hall–Kier alpha value is -2.41. The van der Waals surface area contributed by atoms with Crippen LogP contribution in [0.5, 0.6) is 0 Å². The highest BCUT2D eigenvalue weighted by Gasteiger charge is 2.31. The Morgan fingerprint density at radius 3 is 2.72 bits per heavy atom. The van der Waals surface area contributed by atoms with Gasteiger partial charge >= 0.3 is 0 Å². The molecule has 3 rings (SSSR count). The Labute approximate surface area is 172 Å². The molecule has 2 N–H and O–H groups in total. The summed E-state index contributed by atoms with van der Waals surface area (Å²) in [6.45, 7) is 12.4. The second-order valence-electron chi connectivity index (χ2n) is 7.94. The lowest BCUT2D eigenvalue weighted by molar-refractivity contribution is 0.265. The lowest BCUT2D eigenvalue weighted by Gasteiger charge is -2.21. The predicted octanol–water partition coefficient (Wildman–Crippen LogP) is 3.31. The van der Waals surface area contributed by atoms with Crippen molar-refractivity contribution in [1.82, 2.24) is 20.5 Å². The quantitative estimate of drug-likeness (QED) is 0.550. The van der Waals surface area contributed by atoms with E-state index in [1.807, 2.05) is 0 Å². The first kappa shape index (κ1) is 21.3. The lowest BCUT2D eigenvalue weighted by atomic mass is 10.1. The molecule has 0 amide bonds. The number of oxazole rings is 1. The van der Waals surface area contributed by atoms with Crippen LogP contribution in [0.25, 0.3) is 11.5 Å². The first-order valence-electron chi connectivity index (χ1n) is 10.5. The van der Waals surface area contributed by atoms with Crippen molar-refractivity contribution < 1.29 is 8.81 Å². The van der Waals surface area contributed by atoms with Gasteiger partial charge in [0.05, 0.1) is 5.69 Å². The standard InChI is InChI=1S/C22H32FN5O/c1-5-24-22(27-20-13-28(15(2)3)12-16(20)4)25-11-10-19-14-29-21(26-19)17-6-8-18(23)9-7-17/h6-9,14-16,20H,5,10-13H2,1-4H3,(H2,24,25,27). The minimum Gasteiger partial charge on any atom is -0.444 e. The molecule has 2 unspecified atom stereocenters. The highest BCUT2D eigenvalue weighted by molar-refractivity contribution is 5.80. The van der Waals surface area contributed by atoms with E-state index in [0.717, 1.165) is 36.9 Å². The van der Waals surface area contributed by atoms with Gasteiger partial charge < -0.3 is 15.1 Å². The zero-order valence-corrected chi connectivity index (χ0v) is 17.8. The van der Waals surface area contributed by atoms with Crippen LogP contribution < -0.4 is 10.6 Å². The largest absolute Gasteiger partial charge is 0.444 e. The number of likely N-dealkylation sites (tertiary alicyclic amines) is 1. The zero-order chi connectivity index (χ0) is 20.8. The highest BCUT2D eigenvalue weighted by atomic mass is 19.1. The molecule has 158 valence electrons. The van der Waals surface area contributed by atoms with Crippen LogP contribution in [0.3, 0.4) is 0 Å². The van der Waals surface area contributed by atoms with Crippen LogP contribution >= 0.6 is 0 Å². The molecule has 0 aliphatic carbocycles. The Kier molecular flexibility index (Phi) is 7.25. The van der Waals surface area contributed by atoms with E-state index >= 15 is 0 Å². The molecule has 1 aromatic heterocycles. The number of aromatic nitrogens is 1. The molecule has 7 heteroatoms. The van der Waals surface area contributed by atoms with Gasteiger partial charge in [-0.1, -0.05) is 6.92 Å². The molecule has 1 saturated heterocycles. The molecular weight excluding hydrogens is 369 g/mol. The third-order valence-electron chi connectivity index (χ3n) is 5.32. The smallest absolute Gasteiger partial charge is 0.226 e. The minimum atomic E-state index is -0.272. The minimum absolute atomic E-state index is 0.272. The van der Waals surface area contributed by atoms with Crippen molar-refractivity contribution in [3.8, 4) is 11.5 Å². The molecule has 2 heterocycles. The van der Waals surface area contributed by atoms with Gasteiger partial charge in [-0.25, -0.2) is 9.37 Å². The third-order valence-corrected chi connectivity index (χ3v) is 5.32. The number of benzene rings is 1.